The Bertz CT molecular complexity index is 1140. The number of fused-ring (bicyclic) bond motifs is 1. The highest BCUT2D eigenvalue weighted by Gasteiger charge is 2.30. The van der Waals surface area contributed by atoms with Crippen LogP contribution in [0.25, 0.3) is 10.2 Å². The summed E-state index contributed by atoms with van der Waals surface area (Å²) in [4.78, 5) is 24.5. The molecule has 3 atom stereocenters. The van der Waals surface area contributed by atoms with Crippen molar-refractivity contribution in [3.8, 4) is 0 Å². The average molecular weight is 464 g/mol. The van der Waals surface area contributed by atoms with Crippen LogP contribution in [0.15, 0.2) is 30.5 Å². The Morgan fingerprint density at radius 1 is 1.28 bits per heavy atom. The minimum absolute atomic E-state index is 0.132. The Morgan fingerprint density at radius 3 is 2.75 bits per heavy atom. The fraction of sp³-hybridized carbons (Fsp3) is 0.381. The number of aromatic nitrogens is 2. The number of carbonyl (C=O) groups is 1. The second kappa shape index (κ2) is 8.93. The third-order valence-corrected chi connectivity index (χ3v) is 6.34. The molecule has 1 aromatic carbocycles. The molecule has 0 radical (unpaired) electrons. The van der Waals surface area contributed by atoms with Crippen LogP contribution >= 0.6 is 11.3 Å². The number of thiazole rings is 1. The summed E-state index contributed by atoms with van der Waals surface area (Å²) in [6, 6.07) is 4.90. The highest BCUT2D eigenvalue weighted by molar-refractivity contribution is 7.22. The van der Waals surface area contributed by atoms with Crippen LogP contribution in [0.2, 0.25) is 0 Å². The lowest BCUT2D eigenvalue weighted by Gasteiger charge is -2.40. The Kier molecular flexibility index (Phi) is 6.22. The van der Waals surface area contributed by atoms with Crippen LogP contribution in [0.1, 0.15) is 25.5 Å². The average Bonchev–Trinajstić information content (AvgIpc) is 3.14. The summed E-state index contributed by atoms with van der Waals surface area (Å²) < 4.78 is 28.8. The van der Waals surface area contributed by atoms with Gasteiger partial charge in [-0.15, -0.1) is 0 Å². The fourth-order valence-corrected chi connectivity index (χ4v) is 4.51. The number of aliphatic hydroxyl groups excluding tert-OH is 2. The van der Waals surface area contributed by atoms with E-state index in [2.05, 4.69) is 15.3 Å². The summed E-state index contributed by atoms with van der Waals surface area (Å²) in [5, 5.41) is 22.5. The van der Waals surface area contributed by atoms with Gasteiger partial charge in [-0.3, -0.25) is 5.32 Å². The zero-order valence-electron chi connectivity index (χ0n) is 17.5. The molecule has 1 unspecified atom stereocenters. The molecule has 11 heteroatoms. The molecule has 0 bridgehead atoms. The van der Waals surface area contributed by atoms with Gasteiger partial charge in [0.2, 0.25) is 0 Å². The van der Waals surface area contributed by atoms with Crippen molar-refractivity contribution in [2.45, 2.75) is 32.1 Å². The summed E-state index contributed by atoms with van der Waals surface area (Å²) >= 11 is 1.26. The quantitative estimate of drug-likeness (QED) is 0.550. The normalized spacial score (nSPS) is 18.6. The van der Waals surface area contributed by atoms with Crippen molar-refractivity contribution >= 4 is 38.5 Å². The Labute approximate surface area is 187 Å². The van der Waals surface area contributed by atoms with Crippen molar-refractivity contribution in [3.05, 3.63) is 47.7 Å². The first-order chi connectivity index (χ1) is 15.2. The third-order valence-electron chi connectivity index (χ3n) is 5.39. The number of carbonyl (C=O) groups excluding carboxylic acids is 1. The second-order valence-electron chi connectivity index (χ2n) is 7.81. The maximum atomic E-state index is 14.7. The summed E-state index contributed by atoms with van der Waals surface area (Å²) in [5.74, 6) is -0.860. The van der Waals surface area contributed by atoms with E-state index in [4.69, 9.17) is 0 Å². The molecular weight excluding hydrogens is 440 g/mol. The smallest absolute Gasteiger partial charge is 0.323 e. The van der Waals surface area contributed by atoms with Crippen LogP contribution < -0.4 is 10.2 Å². The highest BCUT2D eigenvalue weighted by atomic mass is 32.1. The van der Waals surface area contributed by atoms with E-state index in [9.17, 15) is 23.8 Å². The zero-order chi connectivity index (χ0) is 23.0. The number of hydrogen-bond acceptors (Lipinski definition) is 7. The first kappa shape index (κ1) is 22.3. The van der Waals surface area contributed by atoms with E-state index in [1.807, 2.05) is 6.92 Å². The lowest BCUT2D eigenvalue weighted by Crippen LogP contribution is -2.55. The van der Waals surface area contributed by atoms with Gasteiger partial charge in [-0.2, -0.15) is 0 Å². The highest BCUT2D eigenvalue weighted by Crippen LogP contribution is 2.28. The molecule has 0 saturated carbocycles. The van der Waals surface area contributed by atoms with E-state index < -0.39 is 18.0 Å². The number of urea groups is 1. The van der Waals surface area contributed by atoms with Gasteiger partial charge in [0.15, 0.2) is 16.8 Å². The molecule has 3 aromatic rings. The number of nitrogens with zero attached hydrogens (tertiary/aromatic N) is 4. The Morgan fingerprint density at radius 2 is 2.06 bits per heavy atom. The predicted octanol–water partition coefficient (Wildman–Crippen LogP) is 3.13. The number of rotatable bonds is 4. The number of piperazine rings is 1. The van der Waals surface area contributed by atoms with Crippen LogP contribution in [0.4, 0.5) is 24.5 Å². The second-order valence-corrected chi connectivity index (χ2v) is 8.84. The molecule has 2 amide bonds. The lowest BCUT2D eigenvalue weighted by atomic mass is 10.1. The number of hydrogen-bond donors (Lipinski definition) is 3. The van der Waals surface area contributed by atoms with Gasteiger partial charge in [0.05, 0.1) is 16.3 Å². The van der Waals surface area contributed by atoms with E-state index in [0.29, 0.717) is 30.3 Å². The molecule has 32 heavy (non-hydrogen) atoms. The van der Waals surface area contributed by atoms with Crippen LogP contribution in [-0.4, -0.2) is 62.9 Å². The molecule has 1 aliphatic rings. The molecule has 1 aliphatic heterocycles. The molecule has 170 valence electrons. The van der Waals surface area contributed by atoms with Gasteiger partial charge in [0.25, 0.3) is 0 Å². The largest absolute Gasteiger partial charge is 0.390 e. The maximum Gasteiger partial charge on any atom is 0.323 e. The summed E-state index contributed by atoms with van der Waals surface area (Å²) in [6.45, 7) is 4.32. The molecule has 1 fully saturated rings. The molecule has 2 aromatic heterocycles. The first-order valence-corrected chi connectivity index (χ1v) is 10.9. The number of pyridine rings is 1. The number of aliphatic hydroxyl groups is 2. The summed E-state index contributed by atoms with van der Waals surface area (Å²) in [6.07, 6.45) is -0.919. The number of benzene rings is 1. The van der Waals surface area contributed by atoms with Crippen molar-refractivity contribution in [3.63, 3.8) is 0 Å². The molecular formula is C21H23F2N5O3S. The molecule has 3 heterocycles. The Hall–Kier alpha value is -2.89. The van der Waals surface area contributed by atoms with Gasteiger partial charge in [0.1, 0.15) is 11.9 Å². The van der Waals surface area contributed by atoms with Gasteiger partial charge in [-0.05, 0) is 32.0 Å². The summed E-state index contributed by atoms with van der Waals surface area (Å²) in [7, 11) is 0. The number of amides is 2. The van der Waals surface area contributed by atoms with Crippen molar-refractivity contribution in [1.82, 2.24) is 14.9 Å². The minimum Gasteiger partial charge on any atom is -0.390 e. The van der Waals surface area contributed by atoms with Crippen molar-refractivity contribution in [1.29, 1.82) is 0 Å². The SMILES string of the molecule is CC1CN(C(=O)Nc2nc3cc(F)ccc3s2)CCN1c1ncc([C@H](O)[C@H](C)O)cc1F. The molecule has 1 saturated heterocycles. The summed E-state index contributed by atoms with van der Waals surface area (Å²) in [5.41, 5.74) is 0.678. The maximum absolute atomic E-state index is 14.7. The number of nitrogens with one attached hydrogen (secondary N) is 1. The van der Waals surface area contributed by atoms with Crippen LogP contribution in [0.3, 0.4) is 0 Å². The van der Waals surface area contributed by atoms with Gasteiger partial charge >= 0.3 is 6.03 Å². The van der Waals surface area contributed by atoms with Crippen LogP contribution in [0.5, 0.6) is 0 Å². The van der Waals surface area contributed by atoms with Gasteiger partial charge in [-0.1, -0.05) is 11.3 Å². The monoisotopic (exact) mass is 463 g/mol. The molecule has 0 spiro atoms. The fourth-order valence-electron chi connectivity index (χ4n) is 3.68. The van der Waals surface area contributed by atoms with E-state index in [-0.39, 0.29) is 29.3 Å². The van der Waals surface area contributed by atoms with Crippen LogP contribution in [0, 0.1) is 11.6 Å². The lowest BCUT2D eigenvalue weighted by molar-refractivity contribution is 0.0301. The molecule has 8 nitrogen and oxygen atoms in total. The third kappa shape index (κ3) is 4.50. The topological polar surface area (TPSA) is 102 Å². The minimum atomic E-state index is -1.22. The molecule has 0 aliphatic carbocycles. The van der Waals surface area contributed by atoms with Crippen molar-refractivity contribution in [2.24, 2.45) is 0 Å². The van der Waals surface area contributed by atoms with E-state index in [1.165, 1.54) is 42.7 Å². The number of halogens is 2. The van der Waals surface area contributed by atoms with Crippen LogP contribution in [-0.2, 0) is 0 Å². The standard InChI is InChI=1S/C21H23F2N5O3S/c1-11-10-27(21(31)26-20-25-16-8-14(22)3-4-17(16)32-20)5-6-28(11)19-15(23)7-13(9-24-19)18(30)12(2)29/h3-4,7-9,11-12,18,29-30H,5-6,10H2,1-2H3,(H,25,26,31)/t11?,12-,18+/m0/s1. The number of anilines is 2. The Balaban J connectivity index is 1.42. The van der Waals surface area contributed by atoms with E-state index in [1.54, 1.807) is 15.9 Å². The van der Waals surface area contributed by atoms with Crippen molar-refractivity contribution < 1.29 is 23.8 Å². The first-order valence-electron chi connectivity index (χ1n) is 10.1. The van der Waals surface area contributed by atoms with E-state index >= 15 is 0 Å². The molecule has 4 rings (SSSR count). The molecule has 3 N–H and O–H groups in total. The predicted molar refractivity (Wildman–Crippen MR) is 118 cm³/mol. The van der Waals surface area contributed by atoms with Crippen molar-refractivity contribution in [2.75, 3.05) is 29.9 Å². The van der Waals surface area contributed by atoms with Gasteiger partial charge in [-0.25, -0.2) is 23.5 Å². The van der Waals surface area contributed by atoms with E-state index in [0.717, 1.165) is 4.70 Å². The van der Waals surface area contributed by atoms with Gasteiger partial charge < -0.3 is 20.0 Å². The van der Waals surface area contributed by atoms with Gasteiger partial charge in [0, 0.05) is 43.5 Å². The zero-order valence-corrected chi connectivity index (χ0v) is 18.3.